The van der Waals surface area contributed by atoms with E-state index >= 15 is 0 Å². The number of carbonyl (C=O) groups excluding carboxylic acids is 3. The predicted octanol–water partition coefficient (Wildman–Crippen LogP) is 2.09. The van der Waals surface area contributed by atoms with Crippen LogP contribution >= 0.6 is 0 Å². The van der Waals surface area contributed by atoms with Gasteiger partial charge in [-0.2, -0.15) is 0 Å². The molecule has 2 aromatic rings. The molecule has 216 valence electrons. The minimum absolute atomic E-state index is 0.00841. The number of hydrazine groups is 1. The standard InChI is InChI=1S/C27H37N7O6/c1-27(2,3)40-26(37)32-22(17-19-11-6-4-7-12-19)24(36)31-21(15-10-16-33(25(28)29)34(38)39)23(35)30-18-20-13-8-5-9-14-20/h4-9,11-14,21-22H,10,15-18H2,1-3H3,(H3,28,29)(H,30,35)(H,31,36)(H,32,37)/t21-,22?/m0/s1. The minimum atomic E-state index is -1.09. The molecule has 0 aliphatic carbocycles. The lowest BCUT2D eigenvalue weighted by atomic mass is 10.0. The van der Waals surface area contributed by atoms with Crippen LogP contribution in [0.5, 0.6) is 0 Å². The average molecular weight is 556 g/mol. The van der Waals surface area contributed by atoms with Crippen molar-refractivity contribution in [2.45, 2.75) is 64.3 Å². The van der Waals surface area contributed by atoms with Gasteiger partial charge >= 0.3 is 6.09 Å². The molecule has 0 spiro atoms. The molecule has 0 bridgehead atoms. The number of ether oxygens (including phenoxy) is 1. The maximum atomic E-state index is 13.4. The van der Waals surface area contributed by atoms with Gasteiger partial charge in [0.05, 0.1) is 6.54 Å². The Morgan fingerprint density at radius 3 is 2.08 bits per heavy atom. The van der Waals surface area contributed by atoms with Crippen molar-refractivity contribution in [3.8, 4) is 0 Å². The number of nitrogens with two attached hydrogens (primary N) is 1. The van der Waals surface area contributed by atoms with Crippen LogP contribution in [0.2, 0.25) is 0 Å². The number of nitrogens with one attached hydrogen (secondary N) is 4. The van der Waals surface area contributed by atoms with Crippen molar-refractivity contribution in [1.29, 1.82) is 5.41 Å². The third-order valence-electron chi connectivity index (χ3n) is 5.57. The van der Waals surface area contributed by atoms with E-state index in [1.165, 1.54) is 0 Å². The van der Waals surface area contributed by atoms with Gasteiger partial charge < -0.3 is 26.4 Å². The summed E-state index contributed by atoms with van der Waals surface area (Å²) in [5.74, 6) is -1.89. The fourth-order valence-electron chi connectivity index (χ4n) is 3.69. The van der Waals surface area contributed by atoms with Crippen molar-refractivity contribution in [3.05, 3.63) is 81.9 Å². The molecule has 6 N–H and O–H groups in total. The van der Waals surface area contributed by atoms with E-state index in [4.69, 9.17) is 15.9 Å². The molecule has 40 heavy (non-hydrogen) atoms. The Hall–Kier alpha value is -4.68. The second kappa shape index (κ2) is 15.0. The van der Waals surface area contributed by atoms with Crippen molar-refractivity contribution < 1.29 is 24.2 Å². The topological polar surface area (TPSA) is 193 Å². The Bertz CT molecular complexity index is 1140. The van der Waals surface area contributed by atoms with Gasteiger partial charge in [0.25, 0.3) is 5.96 Å². The third kappa shape index (κ3) is 11.4. The number of nitro groups is 1. The Kier molecular flexibility index (Phi) is 11.9. The van der Waals surface area contributed by atoms with Crippen LogP contribution in [0.15, 0.2) is 60.7 Å². The van der Waals surface area contributed by atoms with Crippen LogP contribution in [0.25, 0.3) is 0 Å². The van der Waals surface area contributed by atoms with Gasteiger partial charge in [-0.1, -0.05) is 65.7 Å². The van der Waals surface area contributed by atoms with E-state index in [0.717, 1.165) is 11.1 Å². The highest BCUT2D eigenvalue weighted by molar-refractivity contribution is 5.91. The van der Waals surface area contributed by atoms with Gasteiger partial charge in [-0.3, -0.25) is 15.0 Å². The SMILES string of the molecule is CC(C)(C)OC(=O)NC(Cc1ccccc1)C(=O)N[C@@H](CCCN(C(=N)N)[N+](=O)[O-])C(=O)NCc1ccccc1. The molecule has 13 heteroatoms. The molecule has 2 atom stereocenters. The molecule has 1 unspecified atom stereocenters. The van der Waals surface area contributed by atoms with Gasteiger partial charge in [-0.25, -0.2) is 14.9 Å². The summed E-state index contributed by atoms with van der Waals surface area (Å²) in [7, 11) is 0. The fourth-order valence-corrected chi connectivity index (χ4v) is 3.69. The van der Waals surface area contributed by atoms with E-state index in [-0.39, 0.29) is 32.4 Å². The fraction of sp³-hybridized carbons (Fsp3) is 0.407. The first-order valence-corrected chi connectivity index (χ1v) is 12.8. The Morgan fingerprint density at radius 2 is 1.55 bits per heavy atom. The summed E-state index contributed by atoms with van der Waals surface area (Å²) in [4.78, 5) is 50.2. The zero-order valence-corrected chi connectivity index (χ0v) is 22.9. The maximum Gasteiger partial charge on any atom is 0.408 e. The Balaban J connectivity index is 2.20. The van der Waals surface area contributed by atoms with Crippen molar-refractivity contribution >= 4 is 23.9 Å². The largest absolute Gasteiger partial charge is 0.444 e. The van der Waals surface area contributed by atoms with E-state index in [9.17, 15) is 24.5 Å². The van der Waals surface area contributed by atoms with E-state index in [1.807, 2.05) is 36.4 Å². The first kappa shape index (κ1) is 31.5. The monoisotopic (exact) mass is 555 g/mol. The lowest BCUT2D eigenvalue weighted by Gasteiger charge is -2.25. The van der Waals surface area contributed by atoms with Gasteiger partial charge in [0.2, 0.25) is 11.8 Å². The second-order valence-corrected chi connectivity index (χ2v) is 10.0. The average Bonchev–Trinajstić information content (AvgIpc) is 2.88. The van der Waals surface area contributed by atoms with Crippen molar-refractivity contribution in [2.24, 2.45) is 5.73 Å². The molecule has 0 saturated heterocycles. The van der Waals surface area contributed by atoms with Crippen LogP contribution in [0, 0.1) is 15.5 Å². The first-order valence-electron chi connectivity index (χ1n) is 12.8. The van der Waals surface area contributed by atoms with E-state index in [1.54, 1.807) is 45.0 Å². The van der Waals surface area contributed by atoms with Gasteiger partial charge in [-0.15, -0.1) is 0 Å². The quantitative estimate of drug-likeness (QED) is 0.107. The molecule has 0 aliphatic heterocycles. The summed E-state index contributed by atoms with van der Waals surface area (Å²) >= 11 is 0. The first-order chi connectivity index (χ1) is 18.9. The maximum absolute atomic E-state index is 13.4. The molecule has 2 aromatic carbocycles. The highest BCUT2D eigenvalue weighted by Gasteiger charge is 2.29. The van der Waals surface area contributed by atoms with Crippen LogP contribution in [-0.2, 0) is 27.3 Å². The van der Waals surface area contributed by atoms with Crippen molar-refractivity contribution in [2.75, 3.05) is 6.54 Å². The summed E-state index contributed by atoms with van der Waals surface area (Å²) < 4.78 is 5.32. The molecule has 0 radical (unpaired) electrons. The van der Waals surface area contributed by atoms with Crippen LogP contribution in [-0.4, -0.2) is 58.1 Å². The van der Waals surface area contributed by atoms with Gasteiger partial charge in [-0.05, 0) is 44.7 Å². The zero-order chi connectivity index (χ0) is 29.7. The normalized spacial score (nSPS) is 12.4. The zero-order valence-electron chi connectivity index (χ0n) is 22.9. The predicted molar refractivity (Wildman–Crippen MR) is 148 cm³/mol. The number of guanidine groups is 1. The molecule has 3 amide bonds. The van der Waals surface area contributed by atoms with Gasteiger partial charge in [0.15, 0.2) is 5.03 Å². The summed E-state index contributed by atoms with van der Waals surface area (Å²) in [6.07, 6.45) is -0.595. The van der Waals surface area contributed by atoms with E-state index in [2.05, 4.69) is 16.0 Å². The number of amides is 3. The number of carbonyl (C=O) groups is 3. The molecule has 13 nitrogen and oxygen atoms in total. The van der Waals surface area contributed by atoms with Crippen LogP contribution in [0.4, 0.5) is 4.79 Å². The third-order valence-corrected chi connectivity index (χ3v) is 5.57. The lowest BCUT2D eigenvalue weighted by Crippen LogP contribution is -2.55. The second-order valence-electron chi connectivity index (χ2n) is 10.0. The minimum Gasteiger partial charge on any atom is -0.444 e. The molecule has 0 heterocycles. The van der Waals surface area contributed by atoms with E-state index in [0.29, 0.717) is 5.01 Å². The molecular weight excluding hydrogens is 518 g/mol. The van der Waals surface area contributed by atoms with Crippen molar-refractivity contribution in [3.63, 3.8) is 0 Å². The summed E-state index contributed by atoms with van der Waals surface area (Å²) in [5, 5.41) is 26.2. The summed E-state index contributed by atoms with van der Waals surface area (Å²) in [6, 6.07) is 16.0. The number of hydrogen-bond donors (Lipinski definition) is 5. The molecule has 0 aromatic heterocycles. The highest BCUT2D eigenvalue weighted by Crippen LogP contribution is 2.10. The van der Waals surface area contributed by atoms with Crippen molar-refractivity contribution in [1.82, 2.24) is 21.0 Å². The van der Waals surface area contributed by atoms with Gasteiger partial charge in [0.1, 0.15) is 17.7 Å². The highest BCUT2D eigenvalue weighted by atomic mass is 16.7. The number of hydrogen-bond acceptors (Lipinski definition) is 7. The lowest BCUT2D eigenvalue weighted by molar-refractivity contribution is -0.629. The molecule has 0 fully saturated rings. The number of benzene rings is 2. The molecular formula is C27H37N7O6. The summed E-state index contributed by atoms with van der Waals surface area (Å²) in [5.41, 5.74) is 6.09. The number of nitrogens with zero attached hydrogens (tertiary/aromatic N) is 2. The Labute approximate surface area is 233 Å². The summed E-state index contributed by atoms with van der Waals surface area (Å²) in [6.45, 7) is 5.04. The molecule has 0 aliphatic rings. The molecule has 0 saturated carbocycles. The van der Waals surface area contributed by atoms with Gasteiger partial charge in [0, 0.05) is 13.0 Å². The number of rotatable bonds is 13. The Morgan fingerprint density at radius 1 is 0.975 bits per heavy atom. The van der Waals surface area contributed by atoms with Crippen LogP contribution < -0.4 is 21.7 Å². The number of alkyl carbamates (subject to hydrolysis) is 1. The van der Waals surface area contributed by atoms with Crippen LogP contribution in [0.3, 0.4) is 0 Å². The molecule has 2 rings (SSSR count). The smallest absolute Gasteiger partial charge is 0.408 e. The van der Waals surface area contributed by atoms with E-state index < -0.39 is 46.6 Å². The van der Waals surface area contributed by atoms with Crippen LogP contribution in [0.1, 0.15) is 44.7 Å².